The van der Waals surface area contributed by atoms with Crippen LogP contribution in [0.5, 0.6) is 0 Å². The zero-order valence-corrected chi connectivity index (χ0v) is 9.93. The molecular weight excluding hydrogens is 297 g/mol. The van der Waals surface area contributed by atoms with Crippen molar-refractivity contribution in [2.24, 2.45) is 0 Å². The van der Waals surface area contributed by atoms with Crippen LogP contribution >= 0.6 is 7.37 Å². The summed E-state index contributed by atoms with van der Waals surface area (Å²) < 4.78 is 85.0. The topological polar surface area (TPSA) is 37.3 Å². The quantitative estimate of drug-likeness (QED) is 0.669. The van der Waals surface area contributed by atoms with Crippen LogP contribution in [0.15, 0.2) is 41.7 Å². The van der Waals surface area contributed by atoms with Crippen molar-refractivity contribution in [1.29, 1.82) is 0 Å². The molecule has 9 heteroatoms. The zero-order valence-electron chi connectivity index (χ0n) is 9.03. The third-order valence-corrected chi connectivity index (χ3v) is 3.69. The van der Waals surface area contributed by atoms with E-state index in [9.17, 15) is 35.8 Å². The Kier molecular flexibility index (Phi) is 4.17. The van der Waals surface area contributed by atoms with Crippen molar-refractivity contribution in [3.63, 3.8) is 0 Å². The van der Waals surface area contributed by atoms with Gasteiger partial charge in [0.1, 0.15) is 5.57 Å². The van der Waals surface area contributed by atoms with Gasteiger partial charge in [0.2, 0.25) is 0 Å². The number of alkyl halides is 6. The van der Waals surface area contributed by atoms with Gasteiger partial charge in [-0.2, -0.15) is 26.3 Å². The average molecular weight is 304 g/mol. The largest absolute Gasteiger partial charge is 0.421 e. The lowest BCUT2D eigenvalue weighted by atomic mass is 10.3. The summed E-state index contributed by atoms with van der Waals surface area (Å²) in [6.45, 7) is 0. The van der Waals surface area contributed by atoms with E-state index in [2.05, 4.69) is 0 Å². The van der Waals surface area contributed by atoms with E-state index in [1.807, 2.05) is 0 Å². The number of allylic oxidation sites excluding steroid dienone is 1. The first-order valence-electron chi connectivity index (χ1n) is 4.70. The van der Waals surface area contributed by atoms with Gasteiger partial charge in [0.25, 0.3) is 7.37 Å². The highest BCUT2D eigenvalue weighted by atomic mass is 31.2. The first-order chi connectivity index (χ1) is 8.44. The Balaban J connectivity index is 3.35. The molecule has 0 radical (unpaired) electrons. The van der Waals surface area contributed by atoms with Gasteiger partial charge >= 0.3 is 12.4 Å². The van der Waals surface area contributed by atoms with Gasteiger partial charge in [-0.3, -0.25) is 4.57 Å². The lowest BCUT2D eigenvalue weighted by molar-refractivity contribution is -0.171. The molecule has 0 heterocycles. The fourth-order valence-corrected chi connectivity index (χ4v) is 2.59. The van der Waals surface area contributed by atoms with E-state index in [1.54, 1.807) is 0 Å². The molecule has 19 heavy (non-hydrogen) atoms. The summed E-state index contributed by atoms with van der Waals surface area (Å²) in [5, 5.41) is -0.513. The minimum Gasteiger partial charge on any atom is -0.338 e. The molecule has 0 aliphatic carbocycles. The second kappa shape index (κ2) is 5.02. The molecule has 1 rings (SSSR count). The van der Waals surface area contributed by atoms with Crippen LogP contribution in [0.25, 0.3) is 0 Å². The fraction of sp³-hybridized carbons (Fsp3) is 0.200. The number of hydrogen-bond donors (Lipinski definition) is 1. The van der Waals surface area contributed by atoms with Crippen LogP contribution in [0.1, 0.15) is 0 Å². The molecule has 0 spiro atoms. The highest BCUT2D eigenvalue weighted by molar-refractivity contribution is 7.69. The van der Waals surface area contributed by atoms with Crippen LogP contribution in [0.4, 0.5) is 26.3 Å². The smallest absolute Gasteiger partial charge is 0.338 e. The van der Waals surface area contributed by atoms with Crippen LogP contribution in [0.3, 0.4) is 0 Å². The van der Waals surface area contributed by atoms with E-state index in [4.69, 9.17) is 0 Å². The van der Waals surface area contributed by atoms with Crippen molar-refractivity contribution >= 4 is 12.7 Å². The molecule has 1 aromatic rings. The van der Waals surface area contributed by atoms with E-state index in [-0.39, 0.29) is 0 Å². The summed E-state index contributed by atoms with van der Waals surface area (Å²) in [5.41, 5.74) is -2.99. The van der Waals surface area contributed by atoms with Crippen LogP contribution in [-0.4, -0.2) is 17.2 Å². The predicted molar refractivity (Wildman–Crippen MR) is 56.1 cm³/mol. The molecular formula is C10H7F6O2P. The molecule has 0 fully saturated rings. The first kappa shape index (κ1) is 15.8. The summed E-state index contributed by atoms with van der Waals surface area (Å²) in [6.07, 6.45) is -11.5. The molecule has 2 nitrogen and oxygen atoms in total. The summed E-state index contributed by atoms with van der Waals surface area (Å²) in [7, 11) is -4.90. The Morgan fingerprint density at radius 3 is 1.79 bits per heavy atom. The van der Waals surface area contributed by atoms with Gasteiger partial charge in [-0.1, -0.05) is 18.2 Å². The van der Waals surface area contributed by atoms with Gasteiger partial charge < -0.3 is 4.89 Å². The maximum absolute atomic E-state index is 12.2. The van der Waals surface area contributed by atoms with E-state index in [0.29, 0.717) is 0 Å². The normalized spacial score (nSPS) is 15.7. The number of hydrogen-bond acceptors (Lipinski definition) is 1. The fourth-order valence-electron chi connectivity index (χ4n) is 1.20. The second-order valence-electron chi connectivity index (χ2n) is 3.50. The van der Waals surface area contributed by atoms with E-state index < -0.39 is 36.4 Å². The Morgan fingerprint density at radius 1 is 1.00 bits per heavy atom. The molecule has 0 aromatic heterocycles. The Hall–Kier alpha value is -1.27. The second-order valence-corrected chi connectivity index (χ2v) is 5.52. The monoisotopic (exact) mass is 304 g/mol. The molecule has 0 aliphatic rings. The lowest BCUT2D eigenvalue weighted by Crippen LogP contribution is -2.26. The third kappa shape index (κ3) is 4.11. The molecule has 1 unspecified atom stereocenters. The predicted octanol–water partition coefficient (Wildman–Crippen LogP) is 3.59. The molecule has 0 saturated heterocycles. The van der Waals surface area contributed by atoms with Crippen molar-refractivity contribution < 1.29 is 35.8 Å². The van der Waals surface area contributed by atoms with Gasteiger partial charge in [-0.05, 0) is 12.1 Å². The van der Waals surface area contributed by atoms with Gasteiger partial charge in [0.15, 0.2) is 0 Å². The molecule has 106 valence electrons. The SMILES string of the molecule is O=P(O)(C=C(C(F)(F)F)C(F)(F)F)c1ccccc1. The summed E-state index contributed by atoms with van der Waals surface area (Å²) >= 11 is 0. The maximum Gasteiger partial charge on any atom is 0.421 e. The molecule has 1 aromatic carbocycles. The average Bonchev–Trinajstić information content (AvgIpc) is 2.24. The highest BCUT2D eigenvalue weighted by Gasteiger charge is 2.52. The van der Waals surface area contributed by atoms with Gasteiger partial charge in [-0.25, -0.2) is 0 Å². The lowest BCUT2D eigenvalue weighted by Gasteiger charge is -2.16. The highest BCUT2D eigenvalue weighted by Crippen LogP contribution is 2.49. The van der Waals surface area contributed by atoms with E-state index >= 15 is 0 Å². The van der Waals surface area contributed by atoms with E-state index in [1.165, 1.54) is 18.2 Å². The summed E-state index contributed by atoms with van der Waals surface area (Å²) in [5.74, 6) is -0.664. The van der Waals surface area contributed by atoms with Gasteiger partial charge in [0.05, 0.1) is 0 Å². The zero-order chi connectivity index (χ0) is 14.9. The summed E-state index contributed by atoms with van der Waals surface area (Å²) in [6, 6.07) is 5.81. The van der Waals surface area contributed by atoms with Gasteiger partial charge in [-0.15, -0.1) is 0 Å². The standard InChI is InChI=1S/C10H7F6O2P/c11-9(12,13)8(10(14,15)16)6-19(17,18)7-4-2-1-3-5-7/h1-6H,(H,17,18). The van der Waals surface area contributed by atoms with Gasteiger partial charge in [0, 0.05) is 11.1 Å². The Labute approximate surface area is 103 Å². The minimum atomic E-state index is -5.76. The molecule has 0 saturated carbocycles. The minimum absolute atomic E-state index is 0.513. The van der Waals surface area contributed by atoms with E-state index in [0.717, 1.165) is 12.1 Å². The van der Waals surface area contributed by atoms with Crippen molar-refractivity contribution in [2.75, 3.05) is 0 Å². The van der Waals surface area contributed by atoms with Crippen LogP contribution in [-0.2, 0) is 4.57 Å². The van der Waals surface area contributed by atoms with Crippen LogP contribution < -0.4 is 5.30 Å². The van der Waals surface area contributed by atoms with Crippen molar-refractivity contribution in [1.82, 2.24) is 0 Å². The Bertz CT molecular complexity index is 501. The van der Waals surface area contributed by atoms with Crippen molar-refractivity contribution in [3.05, 3.63) is 41.7 Å². The molecule has 1 N–H and O–H groups in total. The first-order valence-corrected chi connectivity index (χ1v) is 6.43. The van der Waals surface area contributed by atoms with Crippen molar-refractivity contribution in [3.8, 4) is 0 Å². The van der Waals surface area contributed by atoms with Crippen molar-refractivity contribution in [2.45, 2.75) is 12.4 Å². The molecule has 0 bridgehead atoms. The maximum atomic E-state index is 12.2. The summed E-state index contributed by atoms with van der Waals surface area (Å²) in [4.78, 5) is 9.36. The van der Waals surface area contributed by atoms with Crippen LogP contribution in [0.2, 0.25) is 0 Å². The molecule has 0 aliphatic heterocycles. The third-order valence-electron chi connectivity index (χ3n) is 2.04. The van der Waals surface area contributed by atoms with Crippen LogP contribution in [0, 0.1) is 0 Å². The Morgan fingerprint density at radius 2 is 1.42 bits per heavy atom. The number of benzene rings is 1. The number of halogens is 6. The molecule has 1 atom stereocenters. The molecule has 0 amide bonds. The number of rotatable bonds is 2.